The fraction of sp³-hybridized carbons (Fsp3) is 0.188. The Labute approximate surface area is 124 Å². The van der Waals surface area contributed by atoms with Gasteiger partial charge in [0.15, 0.2) is 0 Å². The Morgan fingerprint density at radius 1 is 1.15 bits per heavy atom. The van der Waals surface area contributed by atoms with Crippen LogP contribution in [0.2, 0.25) is 0 Å². The highest BCUT2D eigenvalue weighted by molar-refractivity contribution is 7.80. The maximum absolute atomic E-state index is 5.83. The first-order chi connectivity index (χ1) is 9.60. The number of hydrogen-bond acceptors (Lipinski definition) is 3. The first kappa shape index (κ1) is 14.3. The maximum Gasteiger partial charge on any atom is 0.123 e. The third kappa shape index (κ3) is 3.48. The number of hydrogen-bond donors (Lipinski definition) is 1. The van der Waals surface area contributed by atoms with Gasteiger partial charge in [0.25, 0.3) is 0 Å². The van der Waals surface area contributed by atoms with E-state index in [1.165, 1.54) is 0 Å². The molecule has 0 aliphatic heterocycles. The Bertz CT molecular complexity index is 608. The van der Waals surface area contributed by atoms with E-state index in [-0.39, 0.29) is 0 Å². The second-order valence-electron chi connectivity index (χ2n) is 4.48. The summed E-state index contributed by atoms with van der Waals surface area (Å²) < 4.78 is 11.0. The Hall–Kier alpha value is -2.07. The van der Waals surface area contributed by atoms with E-state index in [1.807, 2.05) is 49.4 Å². The average molecular weight is 287 g/mol. The Morgan fingerprint density at radius 3 is 2.45 bits per heavy atom. The van der Waals surface area contributed by atoms with Gasteiger partial charge in [0.1, 0.15) is 23.1 Å². The van der Waals surface area contributed by atoms with Crippen LogP contribution in [0.25, 0.3) is 0 Å². The second-order valence-corrected chi connectivity index (χ2v) is 4.92. The van der Waals surface area contributed by atoms with Gasteiger partial charge >= 0.3 is 0 Å². The van der Waals surface area contributed by atoms with Gasteiger partial charge in [0, 0.05) is 5.56 Å². The lowest BCUT2D eigenvalue weighted by Gasteiger charge is -2.11. The van der Waals surface area contributed by atoms with Crippen LogP contribution in [0, 0.1) is 6.92 Å². The van der Waals surface area contributed by atoms with Crippen molar-refractivity contribution in [3.05, 3.63) is 59.2 Å². The molecule has 0 aliphatic carbocycles. The van der Waals surface area contributed by atoms with Crippen molar-refractivity contribution in [3.8, 4) is 11.5 Å². The minimum Gasteiger partial charge on any atom is -0.497 e. The average Bonchev–Trinajstić information content (AvgIpc) is 2.46. The van der Waals surface area contributed by atoms with E-state index in [2.05, 4.69) is 0 Å². The van der Waals surface area contributed by atoms with Crippen LogP contribution >= 0.6 is 12.2 Å². The van der Waals surface area contributed by atoms with Gasteiger partial charge in [-0.2, -0.15) is 0 Å². The van der Waals surface area contributed by atoms with Crippen LogP contribution in [-0.4, -0.2) is 12.1 Å². The van der Waals surface area contributed by atoms with E-state index in [0.717, 1.165) is 28.2 Å². The molecule has 0 heterocycles. The molecule has 0 saturated heterocycles. The van der Waals surface area contributed by atoms with Crippen molar-refractivity contribution in [2.45, 2.75) is 13.5 Å². The third-order valence-electron chi connectivity index (χ3n) is 3.03. The zero-order valence-corrected chi connectivity index (χ0v) is 12.4. The molecule has 0 radical (unpaired) electrons. The smallest absolute Gasteiger partial charge is 0.123 e. The third-order valence-corrected chi connectivity index (χ3v) is 3.26. The molecule has 104 valence electrons. The van der Waals surface area contributed by atoms with E-state index in [1.54, 1.807) is 7.11 Å². The number of nitrogens with two attached hydrogens (primary N) is 1. The molecule has 0 aromatic heterocycles. The lowest BCUT2D eigenvalue weighted by atomic mass is 10.1. The van der Waals surface area contributed by atoms with E-state index in [4.69, 9.17) is 27.4 Å². The maximum atomic E-state index is 5.83. The van der Waals surface area contributed by atoms with Gasteiger partial charge in [-0.25, -0.2) is 0 Å². The summed E-state index contributed by atoms with van der Waals surface area (Å²) in [6, 6.07) is 13.5. The Morgan fingerprint density at radius 2 is 1.85 bits per heavy atom. The van der Waals surface area contributed by atoms with E-state index < -0.39 is 0 Å². The Balaban J connectivity index is 2.09. The van der Waals surface area contributed by atoms with E-state index in [0.29, 0.717) is 11.6 Å². The Kier molecular flexibility index (Phi) is 4.58. The molecule has 0 amide bonds. The molecule has 2 aromatic carbocycles. The van der Waals surface area contributed by atoms with Crippen molar-refractivity contribution in [1.82, 2.24) is 0 Å². The van der Waals surface area contributed by atoms with Crippen LogP contribution in [0.4, 0.5) is 0 Å². The summed E-state index contributed by atoms with van der Waals surface area (Å²) in [5.41, 5.74) is 8.58. The minimum absolute atomic E-state index is 0.374. The molecule has 0 fully saturated rings. The quantitative estimate of drug-likeness (QED) is 0.858. The molecule has 0 bridgehead atoms. The van der Waals surface area contributed by atoms with Gasteiger partial charge in [-0.05, 0) is 36.2 Å². The van der Waals surface area contributed by atoms with Crippen LogP contribution < -0.4 is 15.2 Å². The van der Waals surface area contributed by atoms with Crippen molar-refractivity contribution in [1.29, 1.82) is 0 Å². The molecule has 3 nitrogen and oxygen atoms in total. The monoisotopic (exact) mass is 287 g/mol. The second kappa shape index (κ2) is 6.39. The van der Waals surface area contributed by atoms with Gasteiger partial charge in [0.2, 0.25) is 0 Å². The number of rotatable bonds is 5. The predicted octanol–water partition coefficient (Wildman–Crippen LogP) is 3.22. The molecule has 0 saturated carbocycles. The molecular weight excluding hydrogens is 270 g/mol. The van der Waals surface area contributed by atoms with Gasteiger partial charge in [-0.3, -0.25) is 0 Å². The summed E-state index contributed by atoms with van der Waals surface area (Å²) in [5, 5.41) is 0. The van der Waals surface area contributed by atoms with Crippen LogP contribution in [0.15, 0.2) is 42.5 Å². The lowest BCUT2D eigenvalue weighted by Crippen LogP contribution is -2.09. The highest BCUT2D eigenvalue weighted by atomic mass is 32.1. The topological polar surface area (TPSA) is 44.5 Å². The number of aryl methyl sites for hydroxylation is 1. The summed E-state index contributed by atoms with van der Waals surface area (Å²) >= 11 is 4.98. The molecular formula is C16H17NO2S. The fourth-order valence-corrected chi connectivity index (χ4v) is 1.92. The summed E-state index contributed by atoms with van der Waals surface area (Å²) in [6.07, 6.45) is 0. The molecule has 2 rings (SSSR count). The molecule has 20 heavy (non-hydrogen) atoms. The van der Waals surface area contributed by atoms with Crippen molar-refractivity contribution < 1.29 is 9.47 Å². The molecule has 2 N–H and O–H groups in total. The standard InChI is InChI=1S/C16H17NO2S/c1-11-3-6-13(16(17)20)9-15(11)19-10-12-4-7-14(18-2)8-5-12/h3-9H,10H2,1-2H3,(H2,17,20). The molecule has 0 aliphatic rings. The highest BCUT2D eigenvalue weighted by Gasteiger charge is 2.04. The first-order valence-electron chi connectivity index (χ1n) is 6.26. The van der Waals surface area contributed by atoms with Crippen LogP contribution in [0.1, 0.15) is 16.7 Å². The molecule has 0 spiro atoms. The largest absolute Gasteiger partial charge is 0.497 e. The highest BCUT2D eigenvalue weighted by Crippen LogP contribution is 2.21. The van der Waals surface area contributed by atoms with Gasteiger partial charge < -0.3 is 15.2 Å². The SMILES string of the molecule is COc1ccc(COc2cc(C(N)=S)ccc2C)cc1. The van der Waals surface area contributed by atoms with Crippen molar-refractivity contribution in [2.75, 3.05) is 7.11 Å². The van der Waals surface area contributed by atoms with Crippen molar-refractivity contribution >= 4 is 17.2 Å². The zero-order chi connectivity index (χ0) is 14.5. The number of methoxy groups -OCH3 is 1. The molecule has 4 heteroatoms. The summed E-state index contributed by atoms with van der Waals surface area (Å²) in [5.74, 6) is 1.63. The molecule has 0 atom stereocenters. The fourth-order valence-electron chi connectivity index (χ4n) is 1.79. The van der Waals surface area contributed by atoms with E-state index >= 15 is 0 Å². The normalized spacial score (nSPS) is 10.1. The zero-order valence-electron chi connectivity index (χ0n) is 11.6. The lowest BCUT2D eigenvalue weighted by molar-refractivity contribution is 0.304. The van der Waals surface area contributed by atoms with Crippen molar-refractivity contribution in [2.24, 2.45) is 5.73 Å². The van der Waals surface area contributed by atoms with Gasteiger partial charge in [0.05, 0.1) is 7.11 Å². The summed E-state index contributed by atoms with van der Waals surface area (Å²) in [6.45, 7) is 2.48. The van der Waals surface area contributed by atoms with E-state index in [9.17, 15) is 0 Å². The minimum atomic E-state index is 0.374. The molecule has 2 aromatic rings. The van der Waals surface area contributed by atoms with Crippen LogP contribution in [-0.2, 0) is 6.61 Å². The number of ether oxygens (including phenoxy) is 2. The summed E-state index contributed by atoms with van der Waals surface area (Å²) in [4.78, 5) is 0.374. The van der Waals surface area contributed by atoms with Gasteiger partial charge in [-0.15, -0.1) is 0 Å². The number of thiocarbonyl (C=S) groups is 1. The summed E-state index contributed by atoms with van der Waals surface area (Å²) in [7, 11) is 1.65. The first-order valence-corrected chi connectivity index (χ1v) is 6.67. The number of benzene rings is 2. The van der Waals surface area contributed by atoms with Crippen molar-refractivity contribution in [3.63, 3.8) is 0 Å². The van der Waals surface area contributed by atoms with Gasteiger partial charge in [-0.1, -0.05) is 36.5 Å². The predicted molar refractivity (Wildman–Crippen MR) is 84.4 cm³/mol. The van der Waals surface area contributed by atoms with Crippen LogP contribution in [0.5, 0.6) is 11.5 Å². The molecule has 0 unspecified atom stereocenters. The van der Waals surface area contributed by atoms with Crippen LogP contribution in [0.3, 0.4) is 0 Å².